The van der Waals surface area contributed by atoms with Crippen molar-refractivity contribution >= 4 is 49.1 Å². The standard InChI is InChI=1S/C17H12ClN3O3S2/c1-2-9-21-14-8-7-11(26(19,23)24)10-15(14)25-17(21)20-16(22)12-5-3-4-6-13(12)18/h1,3-8,10H,9H2,(H2,19,23,24). The molecule has 0 aliphatic rings. The first kappa shape index (κ1) is 18.4. The first-order valence-electron chi connectivity index (χ1n) is 7.24. The normalized spacial score (nSPS) is 12.3. The van der Waals surface area contributed by atoms with Gasteiger partial charge in [0, 0.05) is 0 Å². The van der Waals surface area contributed by atoms with E-state index in [4.69, 9.17) is 23.2 Å². The van der Waals surface area contributed by atoms with E-state index in [0.717, 1.165) is 11.3 Å². The fourth-order valence-corrected chi connectivity index (χ4v) is 4.24. The second-order valence-corrected chi connectivity index (χ2v) is 8.22. The summed E-state index contributed by atoms with van der Waals surface area (Å²) < 4.78 is 25.3. The Morgan fingerprint density at radius 1 is 1.31 bits per heavy atom. The van der Waals surface area contributed by atoms with Crippen LogP contribution in [0.3, 0.4) is 0 Å². The average molecular weight is 406 g/mol. The fourth-order valence-electron chi connectivity index (χ4n) is 2.34. The number of fused-ring (bicyclic) bond motifs is 1. The Labute approximate surface area is 158 Å². The van der Waals surface area contributed by atoms with Crippen molar-refractivity contribution in [3.63, 3.8) is 0 Å². The number of amides is 1. The Balaban J connectivity index is 2.22. The Morgan fingerprint density at radius 2 is 2.04 bits per heavy atom. The molecule has 3 rings (SSSR count). The molecule has 0 atom stereocenters. The molecular weight excluding hydrogens is 394 g/mol. The maximum absolute atomic E-state index is 12.5. The lowest BCUT2D eigenvalue weighted by Crippen LogP contribution is -2.16. The monoisotopic (exact) mass is 405 g/mol. The van der Waals surface area contributed by atoms with Gasteiger partial charge in [-0.15, -0.1) is 6.42 Å². The zero-order valence-electron chi connectivity index (χ0n) is 13.2. The molecule has 6 nitrogen and oxygen atoms in total. The van der Waals surface area contributed by atoms with Gasteiger partial charge in [0.1, 0.15) is 0 Å². The van der Waals surface area contributed by atoms with Gasteiger partial charge in [0.15, 0.2) is 4.80 Å². The highest BCUT2D eigenvalue weighted by atomic mass is 35.5. The van der Waals surface area contributed by atoms with Gasteiger partial charge in [-0.05, 0) is 30.3 Å². The van der Waals surface area contributed by atoms with E-state index < -0.39 is 15.9 Å². The number of carbonyl (C=O) groups is 1. The van der Waals surface area contributed by atoms with Gasteiger partial charge in [-0.2, -0.15) is 4.99 Å². The van der Waals surface area contributed by atoms with Gasteiger partial charge >= 0.3 is 0 Å². The number of benzene rings is 2. The van der Waals surface area contributed by atoms with Gasteiger partial charge in [-0.1, -0.05) is 41.0 Å². The van der Waals surface area contributed by atoms with Crippen molar-refractivity contribution in [3.05, 3.63) is 57.9 Å². The number of terminal acetylenes is 1. The van der Waals surface area contributed by atoms with Crippen LogP contribution in [-0.2, 0) is 16.6 Å². The van der Waals surface area contributed by atoms with Gasteiger partial charge < -0.3 is 4.57 Å². The predicted octanol–water partition coefficient (Wildman–Crippen LogP) is 2.38. The topological polar surface area (TPSA) is 94.5 Å². The Morgan fingerprint density at radius 3 is 2.69 bits per heavy atom. The second kappa shape index (κ2) is 7.05. The van der Waals surface area contributed by atoms with Crippen LogP contribution in [0.15, 0.2) is 52.4 Å². The van der Waals surface area contributed by atoms with Gasteiger partial charge in [-0.3, -0.25) is 4.79 Å². The molecule has 9 heteroatoms. The molecule has 0 unspecified atom stereocenters. The zero-order chi connectivity index (χ0) is 18.9. The quantitative estimate of drug-likeness (QED) is 0.677. The van der Waals surface area contributed by atoms with Crippen molar-refractivity contribution in [2.45, 2.75) is 11.4 Å². The Kier molecular flexibility index (Phi) is 4.98. The summed E-state index contributed by atoms with van der Waals surface area (Å²) in [6, 6.07) is 11.0. The molecule has 2 aromatic carbocycles. The van der Waals surface area contributed by atoms with Crippen LogP contribution in [0.2, 0.25) is 5.02 Å². The summed E-state index contributed by atoms with van der Waals surface area (Å²) in [5, 5.41) is 5.46. The van der Waals surface area contributed by atoms with E-state index in [1.807, 2.05) is 0 Å². The zero-order valence-corrected chi connectivity index (χ0v) is 15.6. The highest BCUT2D eigenvalue weighted by Gasteiger charge is 2.14. The number of nitrogens with zero attached hydrogens (tertiary/aromatic N) is 2. The van der Waals surface area contributed by atoms with Crippen molar-refractivity contribution in [2.75, 3.05) is 0 Å². The molecule has 0 saturated heterocycles. The summed E-state index contributed by atoms with van der Waals surface area (Å²) in [6.45, 7) is 0.170. The van der Waals surface area contributed by atoms with Crippen LogP contribution in [0.1, 0.15) is 10.4 Å². The first-order chi connectivity index (χ1) is 12.3. The molecule has 1 amide bonds. The smallest absolute Gasteiger partial charge is 0.281 e. The van der Waals surface area contributed by atoms with E-state index in [2.05, 4.69) is 10.9 Å². The summed E-state index contributed by atoms with van der Waals surface area (Å²) in [5.74, 6) is 1.99. The molecular formula is C17H12ClN3O3S2. The molecule has 0 bridgehead atoms. The maximum Gasteiger partial charge on any atom is 0.281 e. The summed E-state index contributed by atoms with van der Waals surface area (Å²) in [7, 11) is -3.84. The summed E-state index contributed by atoms with van der Waals surface area (Å²) in [4.78, 5) is 16.9. The van der Waals surface area contributed by atoms with E-state index in [1.54, 1.807) is 34.9 Å². The third-order valence-electron chi connectivity index (χ3n) is 3.53. The highest BCUT2D eigenvalue weighted by Crippen LogP contribution is 2.22. The average Bonchev–Trinajstić information content (AvgIpc) is 2.91. The molecule has 0 saturated carbocycles. The van der Waals surface area contributed by atoms with Crippen LogP contribution < -0.4 is 9.94 Å². The number of thiazole rings is 1. The number of rotatable bonds is 3. The molecule has 0 aliphatic heterocycles. The number of sulfonamides is 1. The van der Waals surface area contributed by atoms with Crippen molar-refractivity contribution in [1.82, 2.24) is 4.57 Å². The van der Waals surface area contributed by atoms with Crippen LogP contribution in [0, 0.1) is 12.3 Å². The molecule has 132 valence electrons. The summed E-state index contributed by atoms with van der Waals surface area (Å²) in [6.07, 6.45) is 5.42. The van der Waals surface area contributed by atoms with Crippen molar-refractivity contribution < 1.29 is 13.2 Å². The number of aromatic nitrogens is 1. The van der Waals surface area contributed by atoms with Gasteiger partial charge in [-0.25, -0.2) is 13.6 Å². The SMILES string of the molecule is C#CCn1c(=NC(=O)c2ccccc2Cl)sc2cc(S(N)(=O)=O)ccc21. The van der Waals surface area contributed by atoms with E-state index in [0.29, 0.717) is 20.0 Å². The molecule has 1 aromatic heterocycles. The molecule has 0 spiro atoms. The van der Waals surface area contributed by atoms with Crippen molar-refractivity contribution in [1.29, 1.82) is 0 Å². The molecule has 1 heterocycles. The minimum Gasteiger partial charge on any atom is -0.305 e. The predicted molar refractivity (Wildman–Crippen MR) is 101 cm³/mol. The van der Waals surface area contributed by atoms with Gasteiger partial charge in [0.25, 0.3) is 5.91 Å². The van der Waals surface area contributed by atoms with Crippen LogP contribution in [0.4, 0.5) is 0 Å². The Bertz CT molecular complexity index is 1230. The minimum atomic E-state index is -3.84. The third-order valence-corrected chi connectivity index (χ3v) is 5.82. The lowest BCUT2D eigenvalue weighted by Gasteiger charge is -2.01. The van der Waals surface area contributed by atoms with E-state index >= 15 is 0 Å². The summed E-state index contributed by atoms with van der Waals surface area (Å²) >= 11 is 7.18. The van der Waals surface area contributed by atoms with Crippen LogP contribution in [-0.4, -0.2) is 18.9 Å². The number of nitrogens with two attached hydrogens (primary N) is 1. The number of carbonyl (C=O) groups excluding carboxylic acids is 1. The molecule has 0 radical (unpaired) electrons. The molecule has 2 N–H and O–H groups in total. The highest BCUT2D eigenvalue weighted by molar-refractivity contribution is 7.89. The van der Waals surface area contributed by atoms with Crippen LogP contribution in [0.5, 0.6) is 0 Å². The van der Waals surface area contributed by atoms with E-state index in [9.17, 15) is 13.2 Å². The number of primary sulfonamides is 1. The maximum atomic E-state index is 12.5. The van der Waals surface area contributed by atoms with Crippen molar-refractivity contribution in [2.24, 2.45) is 10.1 Å². The fraction of sp³-hybridized carbons (Fsp3) is 0.0588. The lowest BCUT2D eigenvalue weighted by atomic mass is 10.2. The Hall–Kier alpha value is -2.44. The second-order valence-electron chi connectivity index (χ2n) is 5.25. The minimum absolute atomic E-state index is 0.0249. The lowest BCUT2D eigenvalue weighted by molar-refractivity contribution is 0.0998. The van der Waals surface area contributed by atoms with Crippen LogP contribution >= 0.6 is 22.9 Å². The summed E-state index contributed by atoms with van der Waals surface area (Å²) in [5.41, 5.74) is 0.926. The number of hydrogen-bond acceptors (Lipinski definition) is 4. The van der Waals surface area contributed by atoms with E-state index in [-0.39, 0.29) is 17.0 Å². The number of halogens is 1. The first-order valence-corrected chi connectivity index (χ1v) is 9.98. The molecule has 0 aliphatic carbocycles. The molecule has 0 fully saturated rings. The molecule has 26 heavy (non-hydrogen) atoms. The van der Waals surface area contributed by atoms with Crippen LogP contribution in [0.25, 0.3) is 10.2 Å². The molecule has 3 aromatic rings. The van der Waals surface area contributed by atoms with Gasteiger partial charge in [0.05, 0.1) is 32.2 Å². The van der Waals surface area contributed by atoms with Crippen molar-refractivity contribution in [3.8, 4) is 12.3 Å². The van der Waals surface area contributed by atoms with E-state index in [1.165, 1.54) is 12.1 Å². The largest absolute Gasteiger partial charge is 0.305 e. The third kappa shape index (κ3) is 3.57. The number of hydrogen-bond donors (Lipinski definition) is 1. The van der Waals surface area contributed by atoms with Gasteiger partial charge in [0.2, 0.25) is 10.0 Å².